The number of nitrogens with one attached hydrogen (secondary N) is 2. The Balaban J connectivity index is 0.00000420. The van der Waals surface area contributed by atoms with E-state index in [1.165, 1.54) is 6.92 Å². The highest BCUT2D eigenvalue weighted by Crippen LogP contribution is 2.31. The molecule has 2 N–H and O–H groups in total. The average molecular weight is 555 g/mol. The summed E-state index contributed by atoms with van der Waals surface area (Å²) < 4.78 is 0. The Bertz CT molecular complexity index is 1110. The molecular weight excluding hydrogens is 516 g/mol. The van der Waals surface area contributed by atoms with E-state index in [1.54, 1.807) is 9.80 Å². The summed E-state index contributed by atoms with van der Waals surface area (Å²) >= 11 is 0. The van der Waals surface area contributed by atoms with Gasteiger partial charge in [0.05, 0.1) is 6.04 Å². The minimum atomic E-state index is -0.893. The lowest BCUT2D eigenvalue weighted by atomic mass is 9.98. The van der Waals surface area contributed by atoms with Gasteiger partial charge in [0.2, 0.25) is 23.6 Å². The second kappa shape index (κ2) is 13.6. The van der Waals surface area contributed by atoms with Crippen molar-refractivity contribution < 1.29 is 19.2 Å². The minimum absolute atomic E-state index is 0. The van der Waals surface area contributed by atoms with Crippen molar-refractivity contribution in [1.29, 1.82) is 0 Å². The van der Waals surface area contributed by atoms with Gasteiger partial charge in [0, 0.05) is 32.0 Å². The monoisotopic (exact) mass is 554 g/mol. The van der Waals surface area contributed by atoms with Gasteiger partial charge in [-0.1, -0.05) is 74.5 Å². The van der Waals surface area contributed by atoms with Gasteiger partial charge in [-0.2, -0.15) is 0 Å². The van der Waals surface area contributed by atoms with Crippen LogP contribution in [0.1, 0.15) is 63.6 Å². The molecule has 2 aromatic carbocycles. The first-order valence-corrected chi connectivity index (χ1v) is 13.6. The van der Waals surface area contributed by atoms with Crippen LogP contribution in [-0.2, 0) is 19.2 Å². The van der Waals surface area contributed by atoms with Crippen molar-refractivity contribution in [3.8, 4) is 0 Å². The van der Waals surface area contributed by atoms with Gasteiger partial charge in [-0.15, -0.1) is 12.4 Å². The molecule has 8 nitrogen and oxygen atoms in total. The van der Waals surface area contributed by atoms with Gasteiger partial charge in [-0.3, -0.25) is 19.2 Å². The molecule has 0 radical (unpaired) electrons. The van der Waals surface area contributed by atoms with Crippen molar-refractivity contribution in [2.75, 3.05) is 13.1 Å². The van der Waals surface area contributed by atoms with Crippen LogP contribution in [0.15, 0.2) is 60.7 Å². The maximum Gasteiger partial charge on any atom is 0.247 e. The molecule has 2 aliphatic heterocycles. The van der Waals surface area contributed by atoms with Crippen LogP contribution in [0.5, 0.6) is 0 Å². The zero-order valence-electron chi connectivity index (χ0n) is 22.8. The van der Waals surface area contributed by atoms with Gasteiger partial charge < -0.3 is 20.4 Å². The third-order valence-corrected chi connectivity index (χ3v) is 7.87. The Hall–Kier alpha value is -3.39. The van der Waals surface area contributed by atoms with Crippen LogP contribution in [0.2, 0.25) is 0 Å². The molecule has 0 aromatic heterocycles. The van der Waals surface area contributed by atoms with Crippen LogP contribution in [-0.4, -0.2) is 64.6 Å². The summed E-state index contributed by atoms with van der Waals surface area (Å²) in [6, 6.07) is 17.5. The van der Waals surface area contributed by atoms with Gasteiger partial charge in [0.25, 0.3) is 0 Å². The summed E-state index contributed by atoms with van der Waals surface area (Å²) in [7, 11) is 0. The van der Waals surface area contributed by atoms with E-state index in [0.717, 1.165) is 11.1 Å². The molecule has 4 atom stereocenters. The van der Waals surface area contributed by atoms with E-state index in [0.29, 0.717) is 32.2 Å². The molecule has 9 heteroatoms. The zero-order valence-corrected chi connectivity index (χ0v) is 23.7. The quantitative estimate of drug-likeness (QED) is 0.547. The number of halogens is 1. The third-order valence-electron chi connectivity index (χ3n) is 7.87. The Kier molecular flexibility index (Phi) is 10.5. The highest BCUT2D eigenvalue weighted by atomic mass is 35.5. The SMILES string of the molecule is CC[C@@H](C)C(=O)N[C@H]1CN(C(C)=O)CC[C@H]2CC[C@@H](C(=O)NC(c3ccccc3)c3ccccc3)N2C1=O.Cl. The molecule has 2 fully saturated rings. The van der Waals surface area contributed by atoms with Crippen molar-refractivity contribution >= 4 is 36.0 Å². The summed E-state index contributed by atoms with van der Waals surface area (Å²) in [5, 5.41) is 6.09. The molecule has 39 heavy (non-hydrogen) atoms. The number of hydrogen-bond acceptors (Lipinski definition) is 4. The van der Waals surface area contributed by atoms with Crippen LogP contribution in [0, 0.1) is 5.92 Å². The van der Waals surface area contributed by atoms with Crippen LogP contribution in [0.25, 0.3) is 0 Å². The van der Waals surface area contributed by atoms with E-state index in [-0.39, 0.29) is 60.6 Å². The Morgan fingerprint density at radius 3 is 2.08 bits per heavy atom. The van der Waals surface area contributed by atoms with Gasteiger partial charge in [-0.25, -0.2) is 0 Å². The Morgan fingerprint density at radius 1 is 0.949 bits per heavy atom. The van der Waals surface area contributed by atoms with Crippen LogP contribution >= 0.6 is 12.4 Å². The van der Waals surface area contributed by atoms with Crippen molar-refractivity contribution in [3.63, 3.8) is 0 Å². The normalized spacial score (nSPS) is 21.7. The van der Waals surface area contributed by atoms with E-state index in [4.69, 9.17) is 0 Å². The first kappa shape index (κ1) is 30.2. The second-order valence-electron chi connectivity index (χ2n) is 10.4. The van der Waals surface area contributed by atoms with E-state index >= 15 is 0 Å². The molecule has 0 aliphatic carbocycles. The topological polar surface area (TPSA) is 98.8 Å². The maximum atomic E-state index is 13.9. The summed E-state index contributed by atoms with van der Waals surface area (Å²) in [5.41, 5.74) is 1.91. The molecule has 2 aliphatic rings. The number of benzene rings is 2. The van der Waals surface area contributed by atoms with Crippen molar-refractivity contribution in [2.45, 2.75) is 70.6 Å². The van der Waals surface area contributed by atoms with Crippen LogP contribution in [0.3, 0.4) is 0 Å². The van der Waals surface area contributed by atoms with Gasteiger partial charge in [-0.05, 0) is 36.8 Å². The lowest BCUT2D eigenvalue weighted by Gasteiger charge is -2.39. The lowest BCUT2D eigenvalue weighted by Crippen LogP contribution is -2.61. The van der Waals surface area contributed by atoms with E-state index in [9.17, 15) is 19.2 Å². The Labute approximate surface area is 236 Å². The van der Waals surface area contributed by atoms with Crippen molar-refractivity contribution in [1.82, 2.24) is 20.4 Å². The largest absolute Gasteiger partial charge is 0.343 e. The molecule has 0 unspecified atom stereocenters. The fourth-order valence-electron chi connectivity index (χ4n) is 5.41. The smallest absolute Gasteiger partial charge is 0.247 e. The maximum absolute atomic E-state index is 13.9. The number of hydrogen-bond donors (Lipinski definition) is 2. The van der Waals surface area contributed by atoms with Crippen molar-refractivity contribution in [2.24, 2.45) is 5.92 Å². The number of nitrogens with zero attached hydrogens (tertiary/aromatic N) is 2. The molecular formula is C30H39ClN4O4. The number of fused-ring (bicyclic) bond motifs is 1. The second-order valence-corrected chi connectivity index (χ2v) is 10.4. The molecule has 2 heterocycles. The van der Waals surface area contributed by atoms with E-state index in [2.05, 4.69) is 10.6 Å². The number of rotatable bonds is 7. The fraction of sp³-hybridized carbons (Fsp3) is 0.467. The zero-order chi connectivity index (χ0) is 27.2. The molecule has 2 aromatic rings. The Morgan fingerprint density at radius 2 is 1.54 bits per heavy atom. The molecule has 0 spiro atoms. The van der Waals surface area contributed by atoms with Crippen LogP contribution in [0.4, 0.5) is 0 Å². The van der Waals surface area contributed by atoms with Gasteiger partial charge in [0.15, 0.2) is 0 Å². The number of amides is 4. The molecule has 4 amide bonds. The molecule has 0 saturated carbocycles. The average Bonchev–Trinajstić information content (AvgIpc) is 3.35. The summed E-state index contributed by atoms with van der Waals surface area (Å²) in [6.07, 6.45) is 2.44. The van der Waals surface area contributed by atoms with Crippen LogP contribution < -0.4 is 10.6 Å². The highest BCUT2D eigenvalue weighted by Gasteiger charge is 2.45. The molecule has 2 saturated heterocycles. The minimum Gasteiger partial charge on any atom is -0.343 e. The van der Waals surface area contributed by atoms with Gasteiger partial charge in [0.1, 0.15) is 12.1 Å². The standard InChI is InChI=1S/C30H38N4O4.ClH/c1-4-20(2)28(36)31-25-19-33(21(3)35)18-17-24-15-16-26(34(24)30(25)38)29(37)32-27(22-11-7-5-8-12-22)23-13-9-6-10-14-23;/h5-14,20,24-27H,4,15-19H2,1-3H3,(H,31,36)(H,32,37);1H/t20-,24-,25+,26+;/m1./s1. The first-order chi connectivity index (χ1) is 18.3. The predicted octanol–water partition coefficient (Wildman–Crippen LogP) is 3.46. The first-order valence-electron chi connectivity index (χ1n) is 13.6. The molecule has 4 rings (SSSR count). The highest BCUT2D eigenvalue weighted by molar-refractivity contribution is 5.94. The predicted molar refractivity (Wildman–Crippen MR) is 152 cm³/mol. The summed E-state index contributed by atoms with van der Waals surface area (Å²) in [6.45, 7) is 5.79. The number of carbonyl (C=O) groups excluding carboxylic acids is 4. The number of carbonyl (C=O) groups is 4. The summed E-state index contributed by atoms with van der Waals surface area (Å²) in [4.78, 5) is 56.1. The summed E-state index contributed by atoms with van der Waals surface area (Å²) in [5.74, 6) is -1.12. The molecule has 210 valence electrons. The van der Waals surface area contributed by atoms with Gasteiger partial charge >= 0.3 is 0 Å². The molecule has 0 bridgehead atoms. The van der Waals surface area contributed by atoms with E-state index < -0.39 is 12.1 Å². The third kappa shape index (κ3) is 6.98. The van der Waals surface area contributed by atoms with Crippen molar-refractivity contribution in [3.05, 3.63) is 71.8 Å². The fourth-order valence-corrected chi connectivity index (χ4v) is 5.41. The lowest BCUT2D eigenvalue weighted by molar-refractivity contribution is -0.147. The van der Waals surface area contributed by atoms with E-state index in [1.807, 2.05) is 74.5 Å².